The molecule has 1 aromatic heterocycles. The molecule has 4 rings (SSSR count). The van der Waals surface area contributed by atoms with E-state index in [-0.39, 0.29) is 24.6 Å². The fourth-order valence-electron chi connectivity index (χ4n) is 3.65. The number of hydrogen-bond acceptors (Lipinski definition) is 5. The van der Waals surface area contributed by atoms with E-state index in [2.05, 4.69) is 5.32 Å². The summed E-state index contributed by atoms with van der Waals surface area (Å²) in [6.07, 6.45) is -1.52. The molecule has 8 nitrogen and oxygen atoms in total. The highest BCUT2D eigenvalue weighted by Gasteiger charge is 2.33. The highest BCUT2D eigenvalue weighted by Crippen LogP contribution is 2.28. The van der Waals surface area contributed by atoms with Gasteiger partial charge in [-0.05, 0) is 29.7 Å². The molecular formula is C22H18ClN3O5. The van der Waals surface area contributed by atoms with Crippen LogP contribution in [0.25, 0.3) is 10.9 Å². The summed E-state index contributed by atoms with van der Waals surface area (Å²) in [6, 6.07) is 14.3. The van der Waals surface area contributed by atoms with Gasteiger partial charge in [-0.25, -0.2) is 9.36 Å². The van der Waals surface area contributed by atoms with Gasteiger partial charge in [0.05, 0.1) is 12.1 Å². The van der Waals surface area contributed by atoms with Crippen LogP contribution in [-0.2, 0) is 9.53 Å². The third kappa shape index (κ3) is 3.89. The van der Waals surface area contributed by atoms with Gasteiger partial charge in [0.15, 0.2) is 0 Å². The van der Waals surface area contributed by atoms with Crippen molar-refractivity contribution in [1.82, 2.24) is 14.8 Å². The molecule has 0 saturated carbocycles. The Bertz CT molecular complexity index is 1270. The van der Waals surface area contributed by atoms with Crippen LogP contribution in [-0.4, -0.2) is 40.5 Å². The smallest absolute Gasteiger partial charge is 0.411 e. The average molecular weight is 440 g/mol. The molecule has 0 radical (unpaired) electrons. The number of pyridine rings is 1. The molecule has 0 spiro atoms. The second-order valence-corrected chi connectivity index (χ2v) is 7.45. The van der Waals surface area contributed by atoms with Crippen LogP contribution in [0.5, 0.6) is 0 Å². The van der Waals surface area contributed by atoms with Crippen LogP contribution in [0.15, 0.2) is 59.4 Å². The number of nitrogens with zero attached hydrogens (tertiary/aromatic N) is 2. The maximum absolute atomic E-state index is 13.3. The topological polar surface area (TPSA) is 97.7 Å². The first kappa shape index (κ1) is 20.6. The fourth-order valence-corrected chi connectivity index (χ4v) is 3.84. The zero-order chi connectivity index (χ0) is 22.1. The molecule has 1 aliphatic rings. The van der Waals surface area contributed by atoms with Crippen LogP contribution in [0, 0.1) is 0 Å². The van der Waals surface area contributed by atoms with Gasteiger partial charge in [-0.1, -0.05) is 35.9 Å². The molecule has 1 saturated heterocycles. The van der Waals surface area contributed by atoms with Crippen molar-refractivity contribution >= 4 is 40.4 Å². The van der Waals surface area contributed by atoms with E-state index in [0.717, 1.165) is 4.57 Å². The molecule has 2 heterocycles. The van der Waals surface area contributed by atoms with Gasteiger partial charge in [0.1, 0.15) is 12.8 Å². The number of carbonyl (C=O) groups excluding carboxylic acids is 3. The van der Waals surface area contributed by atoms with Crippen molar-refractivity contribution in [3.8, 4) is 0 Å². The Labute approximate surface area is 182 Å². The minimum atomic E-state index is -0.920. The molecule has 1 N–H and O–H groups in total. The number of rotatable bonds is 4. The third-order valence-electron chi connectivity index (χ3n) is 4.96. The van der Waals surface area contributed by atoms with Crippen molar-refractivity contribution in [2.75, 3.05) is 13.2 Å². The molecule has 2 amide bonds. The number of ether oxygens (including phenoxy) is 1. The number of halogens is 1. The van der Waals surface area contributed by atoms with Crippen LogP contribution < -0.4 is 10.9 Å². The summed E-state index contributed by atoms with van der Waals surface area (Å²) in [5, 5.41) is 3.68. The Morgan fingerprint density at radius 2 is 1.87 bits per heavy atom. The van der Waals surface area contributed by atoms with E-state index in [0.29, 0.717) is 21.5 Å². The van der Waals surface area contributed by atoms with Gasteiger partial charge in [-0.3, -0.25) is 19.3 Å². The van der Waals surface area contributed by atoms with Gasteiger partial charge < -0.3 is 10.1 Å². The van der Waals surface area contributed by atoms with Crippen molar-refractivity contribution in [1.29, 1.82) is 0 Å². The Morgan fingerprint density at radius 1 is 1.10 bits per heavy atom. The second-order valence-electron chi connectivity index (χ2n) is 7.02. The molecule has 1 aliphatic heterocycles. The number of fused-ring (bicyclic) bond motifs is 1. The van der Waals surface area contributed by atoms with E-state index < -0.39 is 23.7 Å². The molecule has 3 aromatic rings. The number of amides is 2. The molecular weight excluding hydrogens is 422 g/mol. The first-order valence-corrected chi connectivity index (χ1v) is 9.90. The lowest BCUT2D eigenvalue weighted by atomic mass is 10.0. The summed E-state index contributed by atoms with van der Waals surface area (Å²) in [4.78, 5) is 51.7. The normalized spacial score (nSPS) is 14.4. The highest BCUT2D eigenvalue weighted by molar-refractivity contribution is 6.31. The summed E-state index contributed by atoms with van der Waals surface area (Å²) in [5.74, 6) is -0.955. The number of aromatic nitrogens is 1. The summed E-state index contributed by atoms with van der Waals surface area (Å²) in [7, 11) is 0. The predicted molar refractivity (Wildman–Crippen MR) is 114 cm³/mol. The van der Waals surface area contributed by atoms with Gasteiger partial charge >= 0.3 is 6.09 Å². The van der Waals surface area contributed by atoms with E-state index in [4.69, 9.17) is 16.3 Å². The summed E-state index contributed by atoms with van der Waals surface area (Å²) in [5.41, 5.74) is 0.391. The zero-order valence-corrected chi connectivity index (χ0v) is 17.3. The second kappa shape index (κ2) is 8.23. The van der Waals surface area contributed by atoms with Crippen molar-refractivity contribution in [3.05, 3.63) is 81.1 Å². The Balaban J connectivity index is 1.97. The van der Waals surface area contributed by atoms with E-state index >= 15 is 0 Å². The molecule has 9 heteroatoms. The third-order valence-corrected chi connectivity index (χ3v) is 5.20. The monoisotopic (exact) mass is 439 g/mol. The number of carbonyl (C=O) groups is 3. The fraction of sp³-hybridized carbons (Fsp3) is 0.182. The molecule has 31 heavy (non-hydrogen) atoms. The first-order chi connectivity index (χ1) is 14.9. The van der Waals surface area contributed by atoms with Gasteiger partial charge in [0.25, 0.3) is 11.5 Å². The van der Waals surface area contributed by atoms with E-state index in [1.54, 1.807) is 42.5 Å². The lowest BCUT2D eigenvalue weighted by Gasteiger charge is -2.28. The number of benzene rings is 2. The summed E-state index contributed by atoms with van der Waals surface area (Å²) < 4.78 is 6.07. The number of cyclic esters (lactones) is 1. The van der Waals surface area contributed by atoms with Gasteiger partial charge in [0.2, 0.25) is 5.91 Å². The van der Waals surface area contributed by atoms with E-state index in [9.17, 15) is 19.2 Å². The molecule has 158 valence electrons. The SMILES string of the molecule is CC(=O)NC(c1cccc2ccc(=O)n(C(=O)c3cccc(Cl)c3)c12)N1CCOC1=O. The lowest BCUT2D eigenvalue weighted by molar-refractivity contribution is -0.120. The lowest BCUT2D eigenvalue weighted by Crippen LogP contribution is -2.42. The summed E-state index contributed by atoms with van der Waals surface area (Å²) in [6.45, 7) is 1.75. The van der Waals surface area contributed by atoms with Crippen molar-refractivity contribution in [2.24, 2.45) is 0 Å². The van der Waals surface area contributed by atoms with Crippen molar-refractivity contribution < 1.29 is 19.1 Å². The van der Waals surface area contributed by atoms with E-state index in [1.807, 2.05) is 0 Å². The molecule has 0 bridgehead atoms. The van der Waals surface area contributed by atoms with Crippen LogP contribution >= 0.6 is 11.6 Å². The van der Waals surface area contributed by atoms with Gasteiger partial charge in [-0.2, -0.15) is 0 Å². The minimum Gasteiger partial charge on any atom is -0.447 e. The average Bonchev–Trinajstić information content (AvgIpc) is 3.16. The molecule has 1 fully saturated rings. The Hall–Kier alpha value is -3.65. The van der Waals surface area contributed by atoms with E-state index in [1.165, 1.54) is 24.0 Å². The Morgan fingerprint density at radius 3 is 2.55 bits per heavy atom. The van der Waals surface area contributed by atoms with Crippen LogP contribution in [0.1, 0.15) is 29.0 Å². The van der Waals surface area contributed by atoms with Gasteiger partial charge in [-0.15, -0.1) is 0 Å². The highest BCUT2D eigenvalue weighted by atomic mass is 35.5. The molecule has 1 atom stereocenters. The minimum absolute atomic E-state index is 0.175. The van der Waals surface area contributed by atoms with Crippen molar-refractivity contribution in [3.63, 3.8) is 0 Å². The molecule has 2 aromatic carbocycles. The van der Waals surface area contributed by atoms with Crippen LogP contribution in [0.3, 0.4) is 0 Å². The quantitative estimate of drug-likeness (QED) is 0.674. The van der Waals surface area contributed by atoms with Crippen LogP contribution in [0.2, 0.25) is 5.02 Å². The maximum atomic E-state index is 13.3. The number of hydrogen-bond donors (Lipinski definition) is 1. The summed E-state index contributed by atoms with van der Waals surface area (Å²) >= 11 is 6.03. The van der Waals surface area contributed by atoms with Crippen molar-refractivity contribution in [2.45, 2.75) is 13.1 Å². The predicted octanol–water partition coefficient (Wildman–Crippen LogP) is 2.93. The number of para-hydroxylation sites is 1. The molecule has 1 unspecified atom stereocenters. The number of nitrogens with one attached hydrogen (secondary N) is 1. The zero-order valence-electron chi connectivity index (χ0n) is 16.5. The maximum Gasteiger partial charge on any atom is 0.411 e. The standard InChI is InChI=1S/C22H18ClN3O5/c1-13(27)24-20(25-10-11-31-22(25)30)17-7-3-4-14-8-9-18(28)26(19(14)17)21(29)15-5-2-6-16(23)12-15/h2-9,12,20H,10-11H2,1H3,(H,24,27). The molecule has 0 aliphatic carbocycles. The van der Waals surface area contributed by atoms with Gasteiger partial charge in [0, 0.05) is 29.1 Å². The largest absolute Gasteiger partial charge is 0.447 e. The van der Waals surface area contributed by atoms with Crippen LogP contribution in [0.4, 0.5) is 4.79 Å². The Kier molecular flexibility index (Phi) is 5.48. The first-order valence-electron chi connectivity index (χ1n) is 9.52.